The lowest BCUT2D eigenvalue weighted by Gasteiger charge is -2.09. The molecule has 0 atom stereocenters. The fourth-order valence-corrected chi connectivity index (χ4v) is 4.85. The number of hydrogen-bond acceptors (Lipinski definition) is 7. The molecular weight excluding hydrogens is 573 g/mol. The van der Waals surface area contributed by atoms with Crippen LogP contribution < -0.4 is 5.32 Å². The van der Waals surface area contributed by atoms with E-state index in [1.165, 1.54) is 22.8 Å². The van der Waals surface area contributed by atoms with E-state index < -0.39 is 17.7 Å². The third kappa shape index (κ3) is 9.13. The van der Waals surface area contributed by atoms with Crippen LogP contribution in [0.15, 0.2) is 59.3 Å². The summed E-state index contributed by atoms with van der Waals surface area (Å²) in [5, 5.41) is 16.3. The Kier molecular flexibility index (Phi) is 10.6. The molecule has 0 unspecified atom stereocenters. The number of alkyl halides is 3. The van der Waals surface area contributed by atoms with Gasteiger partial charge in [0.05, 0.1) is 5.56 Å². The van der Waals surface area contributed by atoms with Gasteiger partial charge in [0.15, 0.2) is 5.69 Å². The molecule has 7 nitrogen and oxygen atoms in total. The number of carboxylic acid groups (broad SMARTS) is 1. The van der Waals surface area contributed by atoms with Crippen LogP contribution in [0.2, 0.25) is 5.02 Å². The summed E-state index contributed by atoms with van der Waals surface area (Å²) in [6.07, 6.45) is -3.59. The van der Waals surface area contributed by atoms with Crippen LogP contribution in [-0.4, -0.2) is 59.0 Å². The second-order valence-electron chi connectivity index (χ2n) is 8.38. The summed E-state index contributed by atoms with van der Waals surface area (Å²) >= 11 is 8.19. The molecule has 0 bridgehead atoms. The van der Waals surface area contributed by atoms with E-state index in [-0.39, 0.29) is 17.3 Å². The second kappa shape index (κ2) is 13.7. The van der Waals surface area contributed by atoms with Gasteiger partial charge in [-0.1, -0.05) is 35.9 Å². The maximum Gasteiger partial charge on any atom is 0.416 e. The first-order valence-electron chi connectivity index (χ1n) is 11.4. The van der Waals surface area contributed by atoms with Crippen molar-refractivity contribution in [2.45, 2.75) is 12.6 Å². The van der Waals surface area contributed by atoms with Gasteiger partial charge in [0, 0.05) is 33.5 Å². The molecule has 0 fully saturated rings. The Morgan fingerprint density at radius 1 is 0.974 bits per heavy atom. The number of halogens is 4. The van der Waals surface area contributed by atoms with Gasteiger partial charge in [-0.15, -0.1) is 22.7 Å². The quantitative estimate of drug-likeness (QED) is 0.221. The lowest BCUT2D eigenvalue weighted by atomic mass is 10.1. The molecule has 0 saturated carbocycles. The topological polar surface area (TPSA) is 95.4 Å². The van der Waals surface area contributed by atoms with Gasteiger partial charge in [-0.2, -0.15) is 13.2 Å². The van der Waals surface area contributed by atoms with Crippen LogP contribution in [0.1, 0.15) is 33.0 Å². The average molecular weight is 597 g/mol. The van der Waals surface area contributed by atoms with Gasteiger partial charge in [0.25, 0.3) is 5.91 Å². The maximum absolute atomic E-state index is 12.8. The summed E-state index contributed by atoms with van der Waals surface area (Å²) in [6, 6.07) is 12.1. The zero-order valence-electron chi connectivity index (χ0n) is 20.8. The Bertz CT molecular complexity index is 1410. The van der Waals surface area contributed by atoms with Crippen molar-refractivity contribution >= 4 is 46.2 Å². The van der Waals surface area contributed by atoms with Crippen LogP contribution >= 0.6 is 34.3 Å². The molecule has 2 N–H and O–H groups in total. The van der Waals surface area contributed by atoms with Gasteiger partial charge >= 0.3 is 12.1 Å². The van der Waals surface area contributed by atoms with E-state index in [1.807, 2.05) is 31.1 Å². The van der Waals surface area contributed by atoms with Crippen LogP contribution in [0.4, 0.5) is 13.2 Å². The first kappa shape index (κ1) is 30.2. The highest BCUT2D eigenvalue weighted by atomic mass is 35.5. The molecule has 2 aromatic carbocycles. The van der Waals surface area contributed by atoms with Crippen molar-refractivity contribution in [2.24, 2.45) is 0 Å². The van der Waals surface area contributed by atoms with Crippen molar-refractivity contribution in [3.05, 3.63) is 81.3 Å². The first-order chi connectivity index (χ1) is 18.4. The monoisotopic (exact) mass is 596 g/mol. The van der Waals surface area contributed by atoms with Gasteiger partial charge < -0.3 is 15.3 Å². The van der Waals surface area contributed by atoms with Crippen LogP contribution in [-0.2, 0) is 6.18 Å². The lowest BCUT2D eigenvalue weighted by Crippen LogP contribution is -2.27. The van der Waals surface area contributed by atoms with Crippen LogP contribution in [0.25, 0.3) is 21.1 Å². The fraction of sp³-hybridized carbons (Fsp3) is 0.231. The molecule has 13 heteroatoms. The summed E-state index contributed by atoms with van der Waals surface area (Å²) in [6.45, 7) is 1.38. The summed E-state index contributed by atoms with van der Waals surface area (Å²) in [5.74, 6) is -1.32. The minimum absolute atomic E-state index is 0.0740. The zero-order chi connectivity index (χ0) is 28.6. The number of carboxylic acids is 1. The summed E-state index contributed by atoms with van der Waals surface area (Å²) in [5.41, 5.74) is 0.783. The molecule has 0 aliphatic rings. The number of benzene rings is 2. The molecule has 0 aliphatic carbocycles. The number of carbonyl (C=O) groups excluding carboxylic acids is 1. The van der Waals surface area contributed by atoms with Crippen molar-refractivity contribution in [3.8, 4) is 21.1 Å². The molecule has 0 saturated heterocycles. The highest BCUT2D eigenvalue weighted by Gasteiger charge is 2.30. The molecule has 2 aromatic heterocycles. The van der Waals surface area contributed by atoms with Crippen molar-refractivity contribution in [2.75, 3.05) is 27.2 Å². The molecule has 1 amide bonds. The van der Waals surface area contributed by atoms with Gasteiger partial charge in [0.2, 0.25) is 0 Å². The van der Waals surface area contributed by atoms with E-state index in [2.05, 4.69) is 15.3 Å². The Morgan fingerprint density at radius 3 is 2.18 bits per heavy atom. The number of amides is 1. The average Bonchev–Trinajstić information content (AvgIpc) is 3.58. The van der Waals surface area contributed by atoms with Crippen molar-refractivity contribution in [1.29, 1.82) is 0 Å². The number of aromatic carboxylic acids is 1. The Hall–Kier alpha value is -3.32. The number of aromatic nitrogens is 2. The van der Waals surface area contributed by atoms with Crippen molar-refractivity contribution in [3.63, 3.8) is 0 Å². The number of hydrogen-bond donors (Lipinski definition) is 2. The zero-order valence-corrected chi connectivity index (χ0v) is 23.2. The summed E-state index contributed by atoms with van der Waals surface area (Å²) in [7, 11) is 3.90. The maximum atomic E-state index is 12.8. The molecule has 4 rings (SSSR count). The van der Waals surface area contributed by atoms with E-state index in [9.17, 15) is 22.8 Å². The predicted molar refractivity (Wildman–Crippen MR) is 148 cm³/mol. The van der Waals surface area contributed by atoms with Gasteiger partial charge in [0.1, 0.15) is 15.7 Å². The molecule has 39 heavy (non-hydrogen) atoms. The lowest BCUT2D eigenvalue weighted by molar-refractivity contribution is -0.137. The van der Waals surface area contributed by atoms with Crippen LogP contribution in [0.3, 0.4) is 0 Å². The largest absolute Gasteiger partial charge is 0.476 e. The molecule has 0 radical (unpaired) electrons. The first-order valence-corrected chi connectivity index (χ1v) is 13.6. The Balaban J connectivity index is 0.000000239. The van der Waals surface area contributed by atoms with Gasteiger partial charge in [-0.05, 0) is 51.3 Å². The Morgan fingerprint density at radius 2 is 1.59 bits per heavy atom. The highest BCUT2D eigenvalue weighted by Crippen LogP contribution is 2.33. The molecule has 0 spiro atoms. The van der Waals surface area contributed by atoms with E-state index >= 15 is 0 Å². The molecule has 4 aromatic rings. The molecule has 2 heterocycles. The van der Waals surface area contributed by atoms with Crippen molar-refractivity contribution in [1.82, 2.24) is 20.2 Å². The van der Waals surface area contributed by atoms with E-state index in [4.69, 9.17) is 16.7 Å². The van der Waals surface area contributed by atoms with Gasteiger partial charge in [-0.25, -0.2) is 14.8 Å². The SMILES string of the molecule is CN(C)CCCNC(=O)c1csc(-c2cccc(C(F)(F)F)c2)n1.O=C(O)c1csc(-c2ccc(Cl)cc2)n1. The third-order valence-electron chi connectivity index (χ3n) is 5.06. The molecule has 0 aliphatic heterocycles. The second-order valence-corrected chi connectivity index (χ2v) is 10.5. The third-order valence-corrected chi connectivity index (χ3v) is 7.09. The Labute approximate surface area is 235 Å². The minimum atomic E-state index is -4.40. The van der Waals surface area contributed by atoms with Crippen molar-refractivity contribution < 1.29 is 27.9 Å². The summed E-state index contributed by atoms with van der Waals surface area (Å²) in [4.78, 5) is 32.8. The minimum Gasteiger partial charge on any atom is -0.476 e. The van der Waals surface area contributed by atoms with E-state index in [0.717, 1.165) is 42.0 Å². The van der Waals surface area contributed by atoms with Gasteiger partial charge in [-0.3, -0.25) is 4.79 Å². The van der Waals surface area contributed by atoms with Crippen LogP contribution in [0, 0.1) is 0 Å². The van der Waals surface area contributed by atoms with E-state index in [0.29, 0.717) is 27.1 Å². The normalized spacial score (nSPS) is 11.2. The number of nitrogens with one attached hydrogen (secondary N) is 1. The van der Waals surface area contributed by atoms with E-state index in [1.54, 1.807) is 23.6 Å². The number of thiazole rings is 2. The smallest absolute Gasteiger partial charge is 0.416 e. The predicted octanol–water partition coefficient (Wildman–Crippen LogP) is 6.67. The highest BCUT2D eigenvalue weighted by molar-refractivity contribution is 7.13. The number of carbonyl (C=O) groups is 2. The molecule has 206 valence electrons. The molecular formula is C26H24ClF3N4O3S2. The standard InChI is InChI=1S/C16H18F3N3OS.C10H6ClNO2S/c1-22(2)8-4-7-20-14(23)13-10-24-15(21-13)11-5-3-6-12(9-11)16(17,18)19;11-7-3-1-6(2-4-7)9-12-8(5-15-9)10(13)14/h3,5-6,9-10H,4,7-8H2,1-2H3,(H,20,23);1-5H,(H,13,14). The van der Waals surface area contributed by atoms with Crippen LogP contribution in [0.5, 0.6) is 0 Å². The fourth-order valence-electron chi connectivity index (χ4n) is 3.12. The number of rotatable bonds is 8. The summed E-state index contributed by atoms with van der Waals surface area (Å²) < 4.78 is 38.3. The number of nitrogens with zero attached hydrogens (tertiary/aromatic N) is 3.